The number of ether oxygens (including phenoxy) is 1. The van der Waals surface area contributed by atoms with E-state index in [-0.39, 0.29) is 37.8 Å². The molecule has 148 valence electrons. The molecule has 0 amide bonds. The van der Waals surface area contributed by atoms with E-state index in [2.05, 4.69) is 15.0 Å². The molecule has 0 spiro atoms. The van der Waals surface area contributed by atoms with E-state index in [0.29, 0.717) is 11.2 Å². The molecule has 0 aromatic carbocycles. The van der Waals surface area contributed by atoms with Crippen LogP contribution in [0.1, 0.15) is 33.2 Å². The molecule has 1 aliphatic rings. The average Bonchev–Trinajstić information content (AvgIpc) is 3.17. The molecule has 0 bridgehead atoms. The van der Waals surface area contributed by atoms with E-state index in [1.807, 2.05) is 0 Å². The molecule has 11 heteroatoms. The van der Waals surface area contributed by atoms with Crippen molar-refractivity contribution in [3.8, 4) is 0 Å². The number of nitrogens with two attached hydrogens (primary N) is 1. The number of aromatic nitrogens is 4. The van der Waals surface area contributed by atoms with Gasteiger partial charge < -0.3 is 24.1 Å². The van der Waals surface area contributed by atoms with Crippen LogP contribution >= 0.6 is 7.60 Å². The minimum atomic E-state index is -3.44. The molecule has 27 heavy (non-hydrogen) atoms. The molecule has 9 nitrogen and oxygen atoms in total. The van der Waals surface area contributed by atoms with Gasteiger partial charge >= 0.3 is 7.60 Å². The normalized spacial score (nSPS) is 23.1. The molecule has 2 aromatic rings. The Morgan fingerprint density at radius 1 is 1.33 bits per heavy atom. The first-order chi connectivity index (χ1) is 12.8. The van der Waals surface area contributed by atoms with Crippen molar-refractivity contribution in [3.63, 3.8) is 0 Å². The SMILES string of the molecule is CCOP(=O)(CO[C@@]1(C)C[C@@H](n2cnc3c(N)ncnc32)C=C1F)OCC. The van der Waals surface area contributed by atoms with Crippen LogP contribution in [0.2, 0.25) is 0 Å². The molecule has 2 heterocycles. The van der Waals surface area contributed by atoms with Crippen molar-refractivity contribution in [1.82, 2.24) is 19.5 Å². The Labute approximate surface area is 156 Å². The van der Waals surface area contributed by atoms with Crippen molar-refractivity contribution in [3.05, 3.63) is 24.6 Å². The molecule has 0 saturated carbocycles. The molecule has 0 saturated heterocycles. The summed E-state index contributed by atoms with van der Waals surface area (Å²) < 4.78 is 45.1. The third kappa shape index (κ3) is 3.89. The highest BCUT2D eigenvalue weighted by Gasteiger charge is 2.42. The quantitative estimate of drug-likeness (QED) is 0.673. The van der Waals surface area contributed by atoms with Gasteiger partial charge in [-0.2, -0.15) is 0 Å². The molecular formula is C16H23FN5O4P. The van der Waals surface area contributed by atoms with E-state index in [1.165, 1.54) is 12.4 Å². The van der Waals surface area contributed by atoms with Crippen molar-refractivity contribution < 1.29 is 22.7 Å². The van der Waals surface area contributed by atoms with Gasteiger partial charge in [0.25, 0.3) is 0 Å². The molecule has 2 atom stereocenters. The lowest BCUT2D eigenvalue weighted by Crippen LogP contribution is -2.29. The van der Waals surface area contributed by atoms with E-state index in [4.69, 9.17) is 19.5 Å². The van der Waals surface area contributed by atoms with Crippen LogP contribution in [-0.2, 0) is 18.3 Å². The zero-order chi connectivity index (χ0) is 19.7. The van der Waals surface area contributed by atoms with Crippen molar-refractivity contribution in [1.29, 1.82) is 0 Å². The predicted octanol–water partition coefficient (Wildman–Crippen LogP) is 3.21. The molecule has 1 aliphatic carbocycles. The summed E-state index contributed by atoms with van der Waals surface area (Å²) >= 11 is 0. The second-order valence-corrected chi connectivity index (χ2v) is 8.32. The van der Waals surface area contributed by atoms with E-state index in [0.717, 1.165) is 0 Å². The minimum Gasteiger partial charge on any atom is -0.382 e. The zero-order valence-electron chi connectivity index (χ0n) is 15.5. The summed E-state index contributed by atoms with van der Waals surface area (Å²) in [4.78, 5) is 12.3. The Balaban J connectivity index is 1.78. The van der Waals surface area contributed by atoms with Gasteiger partial charge in [0.05, 0.1) is 25.6 Å². The summed E-state index contributed by atoms with van der Waals surface area (Å²) in [5.74, 6) is -0.203. The van der Waals surface area contributed by atoms with Crippen LogP contribution in [0.3, 0.4) is 0 Å². The number of nitrogens with zero attached hydrogens (tertiary/aromatic N) is 4. The standard InChI is InChI=1S/C16H23FN5O4P/c1-4-25-27(23,26-5-2)10-24-16(3)7-11(6-12(16)17)22-9-21-13-14(18)19-8-20-15(13)22/h6,8-9,11H,4-5,7,10H2,1-3H3,(H2,18,19,20)/t11-,16-/m0/s1. The first-order valence-corrected chi connectivity index (χ1v) is 10.4. The van der Waals surface area contributed by atoms with Crippen LogP contribution in [0, 0.1) is 0 Å². The summed E-state index contributed by atoms with van der Waals surface area (Å²) in [5, 5.41) is 0. The fraction of sp³-hybridized carbons (Fsp3) is 0.562. The van der Waals surface area contributed by atoms with Crippen molar-refractivity contribution in [2.75, 3.05) is 25.3 Å². The van der Waals surface area contributed by atoms with Crippen molar-refractivity contribution in [2.45, 2.75) is 38.8 Å². The van der Waals surface area contributed by atoms with Crippen molar-refractivity contribution in [2.24, 2.45) is 0 Å². The average molecular weight is 399 g/mol. The van der Waals surface area contributed by atoms with Gasteiger partial charge in [-0.1, -0.05) is 0 Å². The molecule has 2 N–H and O–H groups in total. The van der Waals surface area contributed by atoms with Gasteiger partial charge in [-0.05, 0) is 26.8 Å². The fourth-order valence-corrected chi connectivity index (χ4v) is 4.50. The van der Waals surface area contributed by atoms with Gasteiger partial charge in [-0.3, -0.25) is 4.57 Å². The molecule has 0 unspecified atom stereocenters. The van der Waals surface area contributed by atoms with Crippen LogP contribution in [0.4, 0.5) is 10.2 Å². The van der Waals surface area contributed by atoms with E-state index >= 15 is 0 Å². The first-order valence-electron chi connectivity index (χ1n) is 8.65. The molecule has 0 radical (unpaired) electrons. The fourth-order valence-electron chi connectivity index (χ4n) is 3.05. The van der Waals surface area contributed by atoms with Gasteiger partial charge in [-0.15, -0.1) is 0 Å². The Morgan fingerprint density at radius 2 is 2.04 bits per heavy atom. The topological polar surface area (TPSA) is 114 Å². The third-order valence-corrected chi connectivity index (χ3v) is 6.13. The monoisotopic (exact) mass is 399 g/mol. The van der Waals surface area contributed by atoms with Crippen LogP contribution < -0.4 is 5.73 Å². The smallest absolute Gasteiger partial charge is 0.356 e. The molecular weight excluding hydrogens is 376 g/mol. The van der Waals surface area contributed by atoms with Gasteiger partial charge in [0.2, 0.25) is 0 Å². The van der Waals surface area contributed by atoms with Crippen LogP contribution in [-0.4, -0.2) is 44.7 Å². The lowest BCUT2D eigenvalue weighted by molar-refractivity contribution is -0.00604. The number of anilines is 1. The lowest BCUT2D eigenvalue weighted by atomic mass is 10.0. The number of hydrogen-bond donors (Lipinski definition) is 1. The second-order valence-electron chi connectivity index (χ2n) is 6.32. The summed E-state index contributed by atoms with van der Waals surface area (Å²) in [6, 6.07) is -0.382. The van der Waals surface area contributed by atoms with Gasteiger partial charge in [-0.25, -0.2) is 19.3 Å². The summed E-state index contributed by atoms with van der Waals surface area (Å²) in [5.41, 5.74) is 5.51. The number of halogens is 1. The number of fused-ring (bicyclic) bond motifs is 1. The summed E-state index contributed by atoms with van der Waals surface area (Å²) in [6.07, 6.45) is 4.25. The molecule has 2 aromatic heterocycles. The van der Waals surface area contributed by atoms with Crippen LogP contribution in [0.15, 0.2) is 24.6 Å². The predicted molar refractivity (Wildman–Crippen MR) is 97.8 cm³/mol. The summed E-state index contributed by atoms with van der Waals surface area (Å²) in [7, 11) is -3.44. The Kier molecular flexibility index (Phi) is 5.62. The number of rotatable bonds is 8. The van der Waals surface area contributed by atoms with E-state index in [9.17, 15) is 8.96 Å². The maximum absolute atomic E-state index is 14.7. The zero-order valence-corrected chi connectivity index (χ0v) is 16.4. The van der Waals surface area contributed by atoms with E-state index < -0.39 is 19.0 Å². The van der Waals surface area contributed by atoms with Gasteiger partial charge in [0, 0.05) is 6.42 Å². The third-order valence-electron chi connectivity index (χ3n) is 4.38. The number of imidazole rings is 1. The highest BCUT2D eigenvalue weighted by atomic mass is 31.2. The van der Waals surface area contributed by atoms with Crippen molar-refractivity contribution >= 4 is 24.6 Å². The molecule has 0 fully saturated rings. The number of hydrogen-bond acceptors (Lipinski definition) is 8. The number of allylic oxidation sites excluding steroid dienone is 1. The lowest BCUT2D eigenvalue weighted by Gasteiger charge is -2.28. The van der Waals surface area contributed by atoms with Crippen LogP contribution in [0.5, 0.6) is 0 Å². The summed E-state index contributed by atoms with van der Waals surface area (Å²) in [6.45, 7) is 5.43. The largest absolute Gasteiger partial charge is 0.382 e. The first kappa shape index (κ1) is 19.9. The maximum Gasteiger partial charge on any atom is 0.356 e. The highest BCUT2D eigenvalue weighted by molar-refractivity contribution is 7.53. The van der Waals surface area contributed by atoms with Crippen LogP contribution in [0.25, 0.3) is 11.2 Å². The Hall–Kier alpha value is -1.87. The Morgan fingerprint density at radius 3 is 2.70 bits per heavy atom. The maximum atomic E-state index is 14.7. The number of nitrogen functional groups attached to an aromatic ring is 1. The highest BCUT2D eigenvalue weighted by Crippen LogP contribution is 2.51. The Bertz CT molecular complexity index is 894. The molecule has 0 aliphatic heterocycles. The minimum absolute atomic E-state index is 0.209. The molecule has 3 rings (SSSR count). The van der Waals surface area contributed by atoms with Gasteiger partial charge in [0.1, 0.15) is 29.6 Å². The van der Waals surface area contributed by atoms with E-state index in [1.54, 1.807) is 31.7 Å². The van der Waals surface area contributed by atoms with Gasteiger partial charge in [0.15, 0.2) is 11.5 Å². The second kappa shape index (κ2) is 7.63.